The fourth-order valence-corrected chi connectivity index (χ4v) is 2.73. The van der Waals surface area contributed by atoms with E-state index in [1.807, 2.05) is 17.8 Å². The summed E-state index contributed by atoms with van der Waals surface area (Å²) < 4.78 is 2.03. The van der Waals surface area contributed by atoms with Crippen molar-refractivity contribution in [2.75, 3.05) is 7.05 Å². The average molecular weight is 265 g/mol. The Morgan fingerprint density at radius 1 is 1.28 bits per heavy atom. The van der Waals surface area contributed by atoms with Crippen molar-refractivity contribution in [3.8, 4) is 0 Å². The fraction of sp³-hybridized carbons (Fsp3) is 0.583. The maximum atomic E-state index is 4.36. The van der Waals surface area contributed by atoms with Crippen LogP contribution in [0.15, 0.2) is 6.20 Å². The molecular formula is C12H19N5S. The first kappa shape index (κ1) is 13.2. The van der Waals surface area contributed by atoms with Crippen LogP contribution in [0.2, 0.25) is 0 Å². The predicted octanol–water partition coefficient (Wildman–Crippen LogP) is 2.00. The van der Waals surface area contributed by atoms with Crippen molar-refractivity contribution in [1.29, 1.82) is 0 Å². The molecule has 0 aromatic carbocycles. The van der Waals surface area contributed by atoms with Gasteiger partial charge in [-0.3, -0.25) is 9.58 Å². The van der Waals surface area contributed by atoms with Crippen LogP contribution >= 0.6 is 11.3 Å². The molecule has 5 nitrogen and oxygen atoms in total. The smallest absolute Gasteiger partial charge is 0.131 e. The van der Waals surface area contributed by atoms with Gasteiger partial charge < -0.3 is 0 Å². The normalized spacial score (nSPS) is 11.4. The molecular weight excluding hydrogens is 246 g/mol. The third-order valence-electron chi connectivity index (χ3n) is 2.92. The van der Waals surface area contributed by atoms with Crippen molar-refractivity contribution in [3.05, 3.63) is 27.5 Å². The molecule has 2 heterocycles. The van der Waals surface area contributed by atoms with Crippen LogP contribution in [0.3, 0.4) is 0 Å². The van der Waals surface area contributed by atoms with Crippen molar-refractivity contribution < 1.29 is 0 Å². The van der Waals surface area contributed by atoms with Crippen molar-refractivity contribution in [2.45, 2.75) is 40.4 Å². The van der Waals surface area contributed by atoms with E-state index in [9.17, 15) is 0 Å². The third kappa shape index (κ3) is 2.94. The van der Waals surface area contributed by atoms with Crippen LogP contribution in [-0.4, -0.2) is 31.9 Å². The summed E-state index contributed by atoms with van der Waals surface area (Å²) in [5.74, 6) is 0. The lowest BCUT2D eigenvalue weighted by atomic mass is 10.2. The lowest BCUT2D eigenvalue weighted by Crippen LogP contribution is -2.17. The standard InChI is InChI=1S/C12H19N5S/c1-5-17-9(2)11(6-13-17)7-16(4)8-12-15-14-10(3)18-12/h6H,5,7-8H2,1-4H3. The summed E-state index contributed by atoms with van der Waals surface area (Å²) in [7, 11) is 2.10. The average Bonchev–Trinajstić information content (AvgIpc) is 2.87. The van der Waals surface area contributed by atoms with E-state index in [1.165, 1.54) is 11.3 Å². The molecule has 2 aromatic rings. The van der Waals surface area contributed by atoms with Crippen LogP contribution in [0.25, 0.3) is 0 Å². The molecule has 0 atom stereocenters. The van der Waals surface area contributed by atoms with E-state index >= 15 is 0 Å². The Bertz CT molecular complexity index is 516. The second-order valence-electron chi connectivity index (χ2n) is 4.46. The van der Waals surface area contributed by atoms with E-state index in [0.29, 0.717) is 0 Å². The molecule has 2 rings (SSSR count). The number of hydrogen-bond acceptors (Lipinski definition) is 5. The summed E-state index contributed by atoms with van der Waals surface area (Å²) in [5.41, 5.74) is 2.53. The minimum Gasteiger partial charge on any atom is -0.295 e. The van der Waals surface area contributed by atoms with Gasteiger partial charge in [0.1, 0.15) is 10.0 Å². The van der Waals surface area contributed by atoms with E-state index in [2.05, 4.69) is 41.1 Å². The summed E-state index contributed by atoms with van der Waals surface area (Å²) in [6.07, 6.45) is 1.96. The van der Waals surface area contributed by atoms with Gasteiger partial charge in [0.05, 0.1) is 12.7 Å². The second-order valence-corrected chi connectivity index (χ2v) is 5.72. The van der Waals surface area contributed by atoms with Crippen LogP contribution in [0.5, 0.6) is 0 Å². The predicted molar refractivity (Wildman–Crippen MR) is 72.5 cm³/mol. The zero-order valence-corrected chi connectivity index (χ0v) is 12.2. The van der Waals surface area contributed by atoms with Crippen molar-refractivity contribution >= 4 is 11.3 Å². The van der Waals surface area contributed by atoms with Crippen LogP contribution in [0, 0.1) is 13.8 Å². The molecule has 0 fully saturated rings. The molecule has 0 bridgehead atoms. The molecule has 98 valence electrons. The number of nitrogens with zero attached hydrogens (tertiary/aromatic N) is 5. The molecule has 0 amide bonds. The van der Waals surface area contributed by atoms with Gasteiger partial charge in [-0.05, 0) is 27.8 Å². The van der Waals surface area contributed by atoms with Gasteiger partial charge in [0.15, 0.2) is 0 Å². The Balaban J connectivity index is 1.98. The van der Waals surface area contributed by atoms with Crippen molar-refractivity contribution in [2.24, 2.45) is 0 Å². The summed E-state index contributed by atoms with van der Waals surface area (Å²) in [6, 6.07) is 0. The second kappa shape index (κ2) is 5.58. The van der Waals surface area contributed by atoms with Crippen LogP contribution < -0.4 is 0 Å². The van der Waals surface area contributed by atoms with Gasteiger partial charge in [0, 0.05) is 24.3 Å². The molecule has 0 unspecified atom stereocenters. The SMILES string of the molecule is CCn1ncc(CN(C)Cc2nnc(C)s2)c1C. The number of rotatable bonds is 5. The summed E-state index contributed by atoms with van der Waals surface area (Å²) in [5, 5.41) is 14.6. The van der Waals surface area contributed by atoms with Gasteiger partial charge in [-0.2, -0.15) is 5.10 Å². The highest BCUT2D eigenvalue weighted by atomic mass is 32.1. The van der Waals surface area contributed by atoms with E-state index in [1.54, 1.807) is 11.3 Å². The van der Waals surface area contributed by atoms with E-state index < -0.39 is 0 Å². The van der Waals surface area contributed by atoms with E-state index in [4.69, 9.17) is 0 Å². The van der Waals surface area contributed by atoms with Crippen molar-refractivity contribution in [3.63, 3.8) is 0 Å². The van der Waals surface area contributed by atoms with Gasteiger partial charge in [0.25, 0.3) is 0 Å². The van der Waals surface area contributed by atoms with E-state index in [0.717, 1.165) is 29.6 Å². The first-order chi connectivity index (χ1) is 8.60. The molecule has 18 heavy (non-hydrogen) atoms. The van der Waals surface area contributed by atoms with Gasteiger partial charge in [-0.25, -0.2) is 0 Å². The highest BCUT2D eigenvalue weighted by Crippen LogP contribution is 2.14. The lowest BCUT2D eigenvalue weighted by molar-refractivity contribution is 0.317. The molecule has 6 heteroatoms. The monoisotopic (exact) mass is 265 g/mol. The van der Waals surface area contributed by atoms with Crippen LogP contribution in [0.1, 0.15) is 28.2 Å². The Labute approximate surface area is 111 Å². The first-order valence-electron chi connectivity index (χ1n) is 6.09. The number of aryl methyl sites for hydroxylation is 2. The van der Waals surface area contributed by atoms with Gasteiger partial charge >= 0.3 is 0 Å². The Hall–Kier alpha value is -1.27. The molecule has 0 spiro atoms. The zero-order chi connectivity index (χ0) is 13.1. The summed E-state index contributed by atoms with van der Waals surface area (Å²) in [4.78, 5) is 2.24. The molecule has 0 aliphatic rings. The quantitative estimate of drug-likeness (QED) is 0.829. The Morgan fingerprint density at radius 3 is 2.61 bits per heavy atom. The van der Waals surface area contributed by atoms with E-state index in [-0.39, 0.29) is 0 Å². The Kier molecular flexibility index (Phi) is 4.08. The highest BCUT2D eigenvalue weighted by molar-refractivity contribution is 7.11. The molecule has 0 aliphatic heterocycles. The summed E-state index contributed by atoms with van der Waals surface area (Å²) >= 11 is 1.66. The van der Waals surface area contributed by atoms with Crippen LogP contribution in [0.4, 0.5) is 0 Å². The number of hydrogen-bond donors (Lipinski definition) is 0. The summed E-state index contributed by atoms with van der Waals surface area (Å²) in [6.45, 7) is 8.86. The molecule has 0 aliphatic carbocycles. The third-order valence-corrected chi connectivity index (χ3v) is 3.74. The first-order valence-corrected chi connectivity index (χ1v) is 6.90. The zero-order valence-electron chi connectivity index (χ0n) is 11.3. The topological polar surface area (TPSA) is 46.8 Å². The fourth-order valence-electron chi connectivity index (χ4n) is 1.94. The van der Waals surface area contributed by atoms with Gasteiger partial charge in [-0.15, -0.1) is 21.5 Å². The molecule has 2 aromatic heterocycles. The van der Waals surface area contributed by atoms with Crippen LogP contribution in [-0.2, 0) is 19.6 Å². The minimum absolute atomic E-state index is 0.836. The van der Waals surface area contributed by atoms with Gasteiger partial charge in [-0.1, -0.05) is 0 Å². The maximum absolute atomic E-state index is 4.36. The number of aromatic nitrogens is 4. The van der Waals surface area contributed by atoms with Gasteiger partial charge in [0.2, 0.25) is 0 Å². The minimum atomic E-state index is 0.836. The highest BCUT2D eigenvalue weighted by Gasteiger charge is 2.10. The Morgan fingerprint density at radius 2 is 2.06 bits per heavy atom. The van der Waals surface area contributed by atoms with Crippen molar-refractivity contribution in [1.82, 2.24) is 24.9 Å². The molecule has 0 saturated heterocycles. The molecule has 0 radical (unpaired) electrons. The molecule has 0 saturated carbocycles. The maximum Gasteiger partial charge on any atom is 0.131 e. The molecule has 0 N–H and O–H groups in total. The largest absolute Gasteiger partial charge is 0.295 e. The lowest BCUT2D eigenvalue weighted by Gasteiger charge is -2.14.